The third kappa shape index (κ3) is 3.64. The molecular formula is C15H22O3. The Morgan fingerprint density at radius 2 is 1.56 bits per heavy atom. The summed E-state index contributed by atoms with van der Waals surface area (Å²) in [5.74, 6) is 1.63. The lowest BCUT2D eigenvalue weighted by Gasteiger charge is -2.26. The van der Waals surface area contributed by atoms with Crippen LogP contribution < -0.4 is 9.47 Å². The van der Waals surface area contributed by atoms with Gasteiger partial charge in [0.15, 0.2) is 0 Å². The Kier molecular flexibility index (Phi) is 4.88. The molecule has 1 N–H and O–H groups in total. The summed E-state index contributed by atoms with van der Waals surface area (Å²) in [5.41, 5.74) is 0. The standard InChI is InChI=1S/C15H22O3/c1-17-12-8-10-13(11-9-12)18-15-7-5-3-2-4-6-14(15)16/h8-11,14-16H,2-7H2,1H3/t14-,15+/m0/s1. The Morgan fingerprint density at radius 1 is 0.944 bits per heavy atom. The lowest BCUT2D eigenvalue weighted by Crippen LogP contribution is -2.32. The van der Waals surface area contributed by atoms with Crippen LogP contribution in [0.4, 0.5) is 0 Å². The molecule has 1 aromatic rings. The molecule has 0 bridgehead atoms. The van der Waals surface area contributed by atoms with Crippen LogP contribution in [0.25, 0.3) is 0 Å². The Morgan fingerprint density at radius 3 is 2.22 bits per heavy atom. The first kappa shape index (κ1) is 13.2. The van der Waals surface area contributed by atoms with Gasteiger partial charge >= 0.3 is 0 Å². The summed E-state index contributed by atoms with van der Waals surface area (Å²) >= 11 is 0. The highest BCUT2D eigenvalue weighted by Gasteiger charge is 2.22. The Hall–Kier alpha value is -1.22. The minimum Gasteiger partial charge on any atom is -0.497 e. The highest BCUT2D eigenvalue weighted by atomic mass is 16.5. The fourth-order valence-corrected chi connectivity index (χ4v) is 2.40. The van der Waals surface area contributed by atoms with Gasteiger partial charge in [-0.1, -0.05) is 19.3 Å². The zero-order valence-corrected chi connectivity index (χ0v) is 11.0. The molecule has 0 aliphatic heterocycles. The molecule has 2 rings (SSSR count). The van der Waals surface area contributed by atoms with Crippen molar-refractivity contribution in [1.29, 1.82) is 0 Å². The van der Waals surface area contributed by atoms with Crippen molar-refractivity contribution >= 4 is 0 Å². The second-order valence-corrected chi connectivity index (χ2v) is 4.89. The monoisotopic (exact) mass is 250 g/mol. The van der Waals surface area contributed by atoms with Gasteiger partial charge in [-0.05, 0) is 43.5 Å². The molecule has 3 nitrogen and oxygen atoms in total. The molecule has 1 aliphatic carbocycles. The number of benzene rings is 1. The normalized spacial score (nSPS) is 25.0. The van der Waals surface area contributed by atoms with Crippen molar-refractivity contribution in [3.05, 3.63) is 24.3 Å². The molecule has 0 aromatic heterocycles. The van der Waals surface area contributed by atoms with Gasteiger partial charge in [-0.25, -0.2) is 0 Å². The fourth-order valence-electron chi connectivity index (χ4n) is 2.40. The van der Waals surface area contributed by atoms with Crippen LogP contribution in [0.1, 0.15) is 38.5 Å². The predicted molar refractivity (Wildman–Crippen MR) is 71.1 cm³/mol. The van der Waals surface area contributed by atoms with E-state index in [2.05, 4.69) is 0 Å². The maximum Gasteiger partial charge on any atom is 0.124 e. The minimum atomic E-state index is -0.340. The van der Waals surface area contributed by atoms with Crippen molar-refractivity contribution in [3.63, 3.8) is 0 Å². The number of rotatable bonds is 3. The fraction of sp³-hybridized carbons (Fsp3) is 0.600. The third-order valence-corrected chi connectivity index (χ3v) is 3.51. The first-order valence-electron chi connectivity index (χ1n) is 6.78. The van der Waals surface area contributed by atoms with Crippen LogP contribution in [0, 0.1) is 0 Å². The highest BCUT2D eigenvalue weighted by molar-refractivity contribution is 5.31. The Bertz CT molecular complexity index is 347. The topological polar surface area (TPSA) is 38.7 Å². The van der Waals surface area contributed by atoms with E-state index in [9.17, 15) is 5.11 Å². The molecule has 1 aromatic carbocycles. The average Bonchev–Trinajstić information content (AvgIpc) is 2.39. The molecule has 2 atom stereocenters. The number of hydrogen-bond donors (Lipinski definition) is 1. The summed E-state index contributed by atoms with van der Waals surface area (Å²) in [5, 5.41) is 10.1. The third-order valence-electron chi connectivity index (χ3n) is 3.51. The van der Waals surface area contributed by atoms with Gasteiger partial charge in [0, 0.05) is 0 Å². The van der Waals surface area contributed by atoms with Gasteiger partial charge in [-0.2, -0.15) is 0 Å². The van der Waals surface area contributed by atoms with Gasteiger partial charge < -0.3 is 14.6 Å². The molecule has 3 heteroatoms. The van der Waals surface area contributed by atoms with Crippen LogP contribution in [0.2, 0.25) is 0 Å². The van der Waals surface area contributed by atoms with Crippen molar-refractivity contribution in [1.82, 2.24) is 0 Å². The molecule has 0 spiro atoms. The maximum atomic E-state index is 10.1. The Labute approximate surface area is 109 Å². The average molecular weight is 250 g/mol. The summed E-state index contributed by atoms with van der Waals surface area (Å²) in [6, 6.07) is 7.55. The van der Waals surface area contributed by atoms with E-state index in [-0.39, 0.29) is 12.2 Å². The van der Waals surface area contributed by atoms with Crippen LogP contribution in [0.15, 0.2) is 24.3 Å². The second-order valence-electron chi connectivity index (χ2n) is 4.89. The van der Waals surface area contributed by atoms with Crippen LogP contribution in [-0.4, -0.2) is 24.4 Å². The highest BCUT2D eigenvalue weighted by Crippen LogP contribution is 2.24. The molecular weight excluding hydrogens is 228 g/mol. The van der Waals surface area contributed by atoms with Gasteiger partial charge in [0.1, 0.15) is 17.6 Å². The van der Waals surface area contributed by atoms with Crippen molar-refractivity contribution in [2.45, 2.75) is 50.7 Å². The van der Waals surface area contributed by atoms with Crippen molar-refractivity contribution in [2.75, 3.05) is 7.11 Å². The van der Waals surface area contributed by atoms with Crippen molar-refractivity contribution in [2.24, 2.45) is 0 Å². The van der Waals surface area contributed by atoms with Crippen LogP contribution in [0.3, 0.4) is 0 Å². The van der Waals surface area contributed by atoms with Gasteiger partial charge in [0.2, 0.25) is 0 Å². The number of aliphatic hydroxyl groups is 1. The summed E-state index contributed by atoms with van der Waals surface area (Å²) in [6.45, 7) is 0. The SMILES string of the molecule is COc1ccc(O[C@@H]2CCCCCC[C@@H]2O)cc1. The van der Waals surface area contributed by atoms with Crippen molar-refractivity contribution < 1.29 is 14.6 Å². The zero-order valence-electron chi connectivity index (χ0n) is 11.0. The Balaban J connectivity index is 1.96. The number of ether oxygens (including phenoxy) is 2. The van der Waals surface area contributed by atoms with Crippen LogP contribution in [-0.2, 0) is 0 Å². The minimum absolute atomic E-state index is 0.0707. The van der Waals surface area contributed by atoms with E-state index in [1.165, 1.54) is 12.8 Å². The smallest absolute Gasteiger partial charge is 0.124 e. The van der Waals surface area contributed by atoms with Crippen LogP contribution >= 0.6 is 0 Å². The molecule has 0 radical (unpaired) electrons. The van der Waals surface area contributed by atoms with E-state index in [1.807, 2.05) is 24.3 Å². The molecule has 0 unspecified atom stereocenters. The first-order valence-corrected chi connectivity index (χ1v) is 6.78. The molecule has 1 fully saturated rings. The number of aliphatic hydroxyl groups excluding tert-OH is 1. The molecule has 1 saturated carbocycles. The molecule has 1 aliphatic rings. The van der Waals surface area contributed by atoms with Gasteiger partial charge in [-0.3, -0.25) is 0 Å². The molecule has 0 heterocycles. The molecule has 0 saturated heterocycles. The van der Waals surface area contributed by atoms with E-state index in [1.54, 1.807) is 7.11 Å². The molecule has 0 amide bonds. The van der Waals surface area contributed by atoms with E-state index >= 15 is 0 Å². The lowest BCUT2D eigenvalue weighted by molar-refractivity contribution is 0.0187. The number of hydrogen-bond acceptors (Lipinski definition) is 3. The van der Waals surface area contributed by atoms with E-state index in [4.69, 9.17) is 9.47 Å². The summed E-state index contributed by atoms with van der Waals surface area (Å²) in [6.07, 6.45) is 6.09. The second kappa shape index (κ2) is 6.64. The van der Waals surface area contributed by atoms with Gasteiger partial charge in [-0.15, -0.1) is 0 Å². The largest absolute Gasteiger partial charge is 0.497 e. The maximum absolute atomic E-state index is 10.1. The summed E-state index contributed by atoms with van der Waals surface area (Å²) in [4.78, 5) is 0. The lowest BCUT2D eigenvalue weighted by atomic mass is 9.96. The van der Waals surface area contributed by atoms with E-state index in [0.29, 0.717) is 0 Å². The molecule has 18 heavy (non-hydrogen) atoms. The van der Waals surface area contributed by atoms with Crippen LogP contribution in [0.5, 0.6) is 11.5 Å². The number of methoxy groups -OCH3 is 1. The predicted octanol–water partition coefficient (Wildman–Crippen LogP) is 3.16. The zero-order chi connectivity index (χ0) is 12.8. The quantitative estimate of drug-likeness (QED) is 0.895. The van der Waals surface area contributed by atoms with Gasteiger partial charge in [0.25, 0.3) is 0 Å². The first-order chi connectivity index (χ1) is 8.79. The van der Waals surface area contributed by atoms with Gasteiger partial charge in [0.05, 0.1) is 13.2 Å². The van der Waals surface area contributed by atoms with E-state index in [0.717, 1.165) is 37.2 Å². The molecule has 100 valence electrons. The summed E-state index contributed by atoms with van der Waals surface area (Å²) < 4.78 is 11.0. The van der Waals surface area contributed by atoms with Crippen molar-refractivity contribution in [3.8, 4) is 11.5 Å². The summed E-state index contributed by atoms with van der Waals surface area (Å²) in [7, 11) is 1.65. The van der Waals surface area contributed by atoms with E-state index < -0.39 is 0 Å².